The zero-order chi connectivity index (χ0) is 23.7. The first-order valence-electron chi connectivity index (χ1n) is 12.3. The van der Waals surface area contributed by atoms with Crippen LogP contribution in [0.5, 0.6) is 11.5 Å². The first-order valence-corrected chi connectivity index (χ1v) is 12.3. The number of likely N-dealkylation sites (tertiary alicyclic amines) is 1. The van der Waals surface area contributed by atoms with Crippen LogP contribution in [-0.4, -0.2) is 49.6 Å². The Kier molecular flexibility index (Phi) is 4.95. The molecule has 2 bridgehead atoms. The fourth-order valence-electron chi connectivity index (χ4n) is 7.76. The molecule has 1 spiro atoms. The topological polar surface area (TPSA) is 48.0 Å². The molecule has 2 aliphatic heterocycles. The molecule has 4 aliphatic rings. The van der Waals surface area contributed by atoms with Gasteiger partial charge in [0.25, 0.3) is 0 Å². The number of ether oxygens (including phenoxy) is 3. The van der Waals surface area contributed by atoms with Crippen molar-refractivity contribution < 1.29 is 19.0 Å². The van der Waals surface area contributed by atoms with Gasteiger partial charge >= 0.3 is 0 Å². The number of carbonyl (C=O) groups excluding carboxylic acids is 1. The first-order chi connectivity index (χ1) is 16.5. The number of hydrogen-bond donors (Lipinski definition) is 0. The minimum atomic E-state index is -0.296. The van der Waals surface area contributed by atoms with Crippen molar-refractivity contribution in [3.05, 3.63) is 71.8 Å². The predicted molar refractivity (Wildman–Crippen MR) is 130 cm³/mol. The van der Waals surface area contributed by atoms with Gasteiger partial charge in [0.1, 0.15) is 24.6 Å². The molecule has 6 atom stereocenters. The van der Waals surface area contributed by atoms with E-state index in [0.717, 1.165) is 42.9 Å². The highest BCUT2D eigenvalue weighted by Gasteiger charge is 2.73. The third-order valence-corrected chi connectivity index (χ3v) is 9.26. The molecule has 2 aliphatic carbocycles. The summed E-state index contributed by atoms with van der Waals surface area (Å²) in [5.74, 6) is 1.56. The predicted octanol–water partition coefficient (Wildman–Crippen LogP) is 4.32. The quantitative estimate of drug-likeness (QED) is 0.602. The summed E-state index contributed by atoms with van der Waals surface area (Å²) in [5.41, 5.74) is 3.19. The van der Waals surface area contributed by atoms with Crippen molar-refractivity contribution in [2.24, 2.45) is 11.3 Å². The lowest BCUT2D eigenvalue weighted by Crippen LogP contribution is -2.74. The van der Waals surface area contributed by atoms with Crippen molar-refractivity contribution in [3.63, 3.8) is 0 Å². The maximum Gasteiger partial charge on any atom is 0.166 e. The smallest absolute Gasteiger partial charge is 0.166 e. The number of benzene rings is 2. The minimum Gasteiger partial charge on any atom is -0.485 e. The Bertz CT molecular complexity index is 1150. The van der Waals surface area contributed by atoms with Crippen LogP contribution in [0.3, 0.4) is 0 Å². The Morgan fingerprint density at radius 3 is 2.76 bits per heavy atom. The Morgan fingerprint density at radius 1 is 1.26 bits per heavy atom. The number of Topliss-reactive ketones (excluding diaryl/α,β-unsaturated/α-hetero) is 1. The molecule has 2 aromatic carbocycles. The standard InChI is InChI=1S/C29H33NO4/c1-5-28-16-21(18(2)31)25(32-4)27-29(28)13-14-30(3)23(28)15-20-11-12-22(26(34-27)24(20)29)33-17-19-9-7-6-8-10-19/h5-12,21,23,25,27H,1,13-17H2,2-4H3/t21-,23-,25?,27+,28-,29+/m1/s1. The van der Waals surface area contributed by atoms with Crippen LogP contribution in [-0.2, 0) is 28.0 Å². The molecule has 1 saturated heterocycles. The second kappa shape index (κ2) is 7.69. The molecule has 5 heteroatoms. The molecule has 0 N–H and O–H groups in total. The van der Waals surface area contributed by atoms with E-state index in [1.165, 1.54) is 11.1 Å². The summed E-state index contributed by atoms with van der Waals surface area (Å²) in [4.78, 5) is 15.3. The molecular weight excluding hydrogens is 426 g/mol. The summed E-state index contributed by atoms with van der Waals surface area (Å²) in [7, 11) is 3.93. The zero-order valence-electron chi connectivity index (χ0n) is 20.3. The van der Waals surface area contributed by atoms with E-state index in [0.29, 0.717) is 6.61 Å². The second-order valence-corrected chi connectivity index (χ2v) is 10.5. The lowest BCUT2D eigenvalue weighted by molar-refractivity contribution is -0.173. The molecule has 34 heavy (non-hydrogen) atoms. The molecule has 2 fully saturated rings. The largest absolute Gasteiger partial charge is 0.485 e. The summed E-state index contributed by atoms with van der Waals surface area (Å²) in [6.07, 6.45) is 4.22. The van der Waals surface area contributed by atoms with Gasteiger partial charge in [-0.05, 0) is 57.0 Å². The Balaban J connectivity index is 1.52. The third-order valence-electron chi connectivity index (χ3n) is 9.26. The molecule has 2 aromatic rings. The van der Waals surface area contributed by atoms with E-state index < -0.39 is 0 Å². The van der Waals surface area contributed by atoms with Gasteiger partial charge in [0.05, 0.1) is 5.41 Å². The molecule has 6 rings (SSSR count). The minimum absolute atomic E-state index is 0.162. The molecule has 0 amide bonds. The number of rotatable bonds is 6. The fourth-order valence-corrected chi connectivity index (χ4v) is 7.76. The van der Waals surface area contributed by atoms with Crippen molar-refractivity contribution in [1.29, 1.82) is 0 Å². The summed E-state index contributed by atoms with van der Waals surface area (Å²) < 4.78 is 19.3. The van der Waals surface area contributed by atoms with Crippen molar-refractivity contribution in [2.45, 2.75) is 56.5 Å². The van der Waals surface area contributed by atoms with Gasteiger partial charge < -0.3 is 19.1 Å². The van der Waals surface area contributed by atoms with Crippen molar-refractivity contribution in [3.8, 4) is 11.5 Å². The van der Waals surface area contributed by atoms with Gasteiger partial charge in [-0.2, -0.15) is 0 Å². The molecule has 1 saturated carbocycles. The van der Waals surface area contributed by atoms with Crippen LogP contribution in [0.1, 0.15) is 36.5 Å². The van der Waals surface area contributed by atoms with Crippen LogP contribution >= 0.6 is 0 Å². The number of nitrogens with zero attached hydrogens (tertiary/aromatic N) is 1. The van der Waals surface area contributed by atoms with Crippen molar-refractivity contribution in [2.75, 3.05) is 20.7 Å². The molecule has 2 heterocycles. The Hall–Kier alpha value is -2.63. The van der Waals surface area contributed by atoms with Crippen LogP contribution in [0.25, 0.3) is 0 Å². The number of ketones is 1. The maximum atomic E-state index is 12.9. The molecule has 5 nitrogen and oxygen atoms in total. The van der Waals surface area contributed by atoms with Crippen LogP contribution in [0, 0.1) is 11.3 Å². The Morgan fingerprint density at radius 2 is 2.06 bits per heavy atom. The van der Waals surface area contributed by atoms with E-state index in [9.17, 15) is 4.79 Å². The molecule has 0 aromatic heterocycles. The fraction of sp³-hybridized carbons (Fsp3) is 0.483. The van der Waals surface area contributed by atoms with Crippen molar-refractivity contribution >= 4 is 5.78 Å². The van der Waals surface area contributed by atoms with Gasteiger partial charge in [-0.25, -0.2) is 0 Å². The second-order valence-electron chi connectivity index (χ2n) is 10.5. The zero-order valence-corrected chi connectivity index (χ0v) is 20.3. The van der Waals surface area contributed by atoms with Gasteiger partial charge in [0, 0.05) is 30.0 Å². The number of likely N-dealkylation sites (N-methyl/N-ethyl adjacent to an activating group) is 1. The normalized spacial score (nSPS) is 35.3. The van der Waals surface area contributed by atoms with Crippen LogP contribution in [0.4, 0.5) is 0 Å². The van der Waals surface area contributed by atoms with Gasteiger partial charge in [0.2, 0.25) is 0 Å². The van der Waals surface area contributed by atoms with Crippen LogP contribution < -0.4 is 9.47 Å². The van der Waals surface area contributed by atoms with Gasteiger partial charge in [-0.3, -0.25) is 4.79 Å². The van der Waals surface area contributed by atoms with E-state index in [1.807, 2.05) is 18.2 Å². The first kappa shape index (κ1) is 21.9. The summed E-state index contributed by atoms with van der Waals surface area (Å²) in [6, 6.07) is 14.8. The average molecular weight is 460 g/mol. The number of hydrogen-bond acceptors (Lipinski definition) is 5. The number of carbonyl (C=O) groups is 1. The third kappa shape index (κ3) is 2.65. The number of methoxy groups -OCH3 is 1. The van der Waals surface area contributed by atoms with Gasteiger partial charge in [-0.15, -0.1) is 6.58 Å². The summed E-state index contributed by atoms with van der Waals surface area (Å²) in [6.45, 7) is 7.53. The molecule has 178 valence electrons. The van der Waals surface area contributed by atoms with Gasteiger partial charge in [0.15, 0.2) is 11.5 Å². The Labute approximate surface area is 201 Å². The van der Waals surface area contributed by atoms with E-state index in [1.54, 1.807) is 14.0 Å². The van der Waals surface area contributed by atoms with Gasteiger partial charge in [-0.1, -0.05) is 42.5 Å². The lowest BCUT2D eigenvalue weighted by Gasteiger charge is -2.66. The van der Waals surface area contributed by atoms with E-state index in [-0.39, 0.29) is 40.8 Å². The monoisotopic (exact) mass is 459 g/mol. The van der Waals surface area contributed by atoms with Crippen molar-refractivity contribution in [1.82, 2.24) is 4.90 Å². The summed E-state index contributed by atoms with van der Waals surface area (Å²) in [5, 5.41) is 0. The average Bonchev–Trinajstić information content (AvgIpc) is 3.20. The van der Waals surface area contributed by atoms with Crippen LogP contribution in [0.15, 0.2) is 55.1 Å². The van der Waals surface area contributed by atoms with E-state index >= 15 is 0 Å². The SMILES string of the molecule is C=C[C@]12C[C@H](C(C)=O)C(OC)[C@@H]3Oc4c(OCc5ccccc5)ccc5c4[C@@]31CCN(C)[C@@H]2C5. The van der Waals surface area contributed by atoms with E-state index in [2.05, 4.69) is 48.9 Å². The highest BCUT2D eigenvalue weighted by molar-refractivity contribution is 5.80. The van der Waals surface area contributed by atoms with E-state index in [4.69, 9.17) is 14.2 Å². The lowest BCUT2D eigenvalue weighted by atomic mass is 9.41. The highest BCUT2D eigenvalue weighted by Crippen LogP contribution is 2.70. The highest BCUT2D eigenvalue weighted by atomic mass is 16.6. The van der Waals surface area contributed by atoms with Crippen LogP contribution in [0.2, 0.25) is 0 Å². The molecular formula is C29H33NO4. The molecule has 0 radical (unpaired) electrons. The molecule has 1 unspecified atom stereocenters. The maximum absolute atomic E-state index is 12.9. The summed E-state index contributed by atoms with van der Waals surface area (Å²) >= 11 is 0. The number of piperidine rings is 1.